The predicted molar refractivity (Wildman–Crippen MR) is 84.6 cm³/mol. The number of hydrogen-bond donors (Lipinski definition) is 2. The molecular weight excluding hydrogens is 280 g/mol. The van der Waals surface area contributed by atoms with Gasteiger partial charge < -0.3 is 10.6 Å². The van der Waals surface area contributed by atoms with E-state index in [9.17, 15) is 4.21 Å². The number of aromatic nitrogens is 2. The average molecular weight is 302 g/mol. The van der Waals surface area contributed by atoms with Crippen molar-refractivity contribution in [3.63, 3.8) is 0 Å². The van der Waals surface area contributed by atoms with Crippen molar-refractivity contribution in [2.45, 2.75) is 24.9 Å². The van der Waals surface area contributed by atoms with Crippen LogP contribution in [-0.4, -0.2) is 45.5 Å². The van der Waals surface area contributed by atoms with E-state index in [2.05, 4.69) is 27.5 Å². The molecule has 0 aliphatic heterocycles. The second-order valence-corrected chi connectivity index (χ2v) is 6.44. The molecule has 19 heavy (non-hydrogen) atoms. The van der Waals surface area contributed by atoms with Gasteiger partial charge in [-0.3, -0.25) is 4.21 Å². The summed E-state index contributed by atoms with van der Waals surface area (Å²) in [6.45, 7) is 3.80. The lowest BCUT2D eigenvalue weighted by molar-refractivity contribution is 0.685. The van der Waals surface area contributed by atoms with Crippen molar-refractivity contribution >= 4 is 34.2 Å². The minimum absolute atomic E-state index is 0.717. The van der Waals surface area contributed by atoms with Crippen LogP contribution in [0.1, 0.15) is 19.8 Å². The zero-order valence-corrected chi connectivity index (χ0v) is 13.4. The summed E-state index contributed by atoms with van der Waals surface area (Å²) in [7, 11) is -0.727. The molecule has 7 heteroatoms. The first-order valence-electron chi connectivity index (χ1n) is 6.36. The first-order chi connectivity index (χ1) is 9.15. The maximum atomic E-state index is 11.0. The lowest BCUT2D eigenvalue weighted by atomic mass is 10.4. The van der Waals surface area contributed by atoms with Crippen LogP contribution in [0.2, 0.25) is 0 Å². The normalized spacial score (nSPS) is 12.2. The van der Waals surface area contributed by atoms with Crippen molar-refractivity contribution in [3.05, 3.63) is 6.07 Å². The molecule has 1 aromatic rings. The Bertz CT molecular complexity index is 415. The molecule has 2 N–H and O–H groups in total. The summed E-state index contributed by atoms with van der Waals surface area (Å²) in [6, 6.07) is 1.91. The second-order valence-electron chi connectivity index (χ2n) is 4.11. The van der Waals surface area contributed by atoms with Crippen LogP contribution < -0.4 is 10.6 Å². The molecule has 0 aliphatic carbocycles. The fourth-order valence-corrected chi connectivity index (χ4v) is 2.37. The summed E-state index contributed by atoms with van der Waals surface area (Å²) in [6.07, 6.45) is 5.62. The Labute approximate surface area is 121 Å². The second kappa shape index (κ2) is 9.14. The van der Waals surface area contributed by atoms with Crippen LogP contribution in [0, 0.1) is 0 Å². The third kappa shape index (κ3) is 6.77. The smallest absolute Gasteiger partial charge is 0.191 e. The highest BCUT2D eigenvalue weighted by molar-refractivity contribution is 7.98. The van der Waals surface area contributed by atoms with E-state index in [4.69, 9.17) is 0 Å². The van der Waals surface area contributed by atoms with Gasteiger partial charge in [0.05, 0.1) is 0 Å². The number of hydrogen-bond acceptors (Lipinski definition) is 6. The van der Waals surface area contributed by atoms with Crippen LogP contribution in [0.3, 0.4) is 0 Å². The van der Waals surface area contributed by atoms with Crippen molar-refractivity contribution in [2.24, 2.45) is 0 Å². The van der Waals surface area contributed by atoms with Crippen LogP contribution in [0.4, 0.5) is 11.6 Å². The molecule has 1 aromatic heterocycles. The van der Waals surface area contributed by atoms with E-state index in [-0.39, 0.29) is 0 Å². The van der Waals surface area contributed by atoms with Gasteiger partial charge in [0.1, 0.15) is 11.6 Å². The molecule has 0 saturated heterocycles. The van der Waals surface area contributed by atoms with E-state index in [1.54, 1.807) is 6.26 Å². The van der Waals surface area contributed by atoms with E-state index in [1.807, 2.05) is 12.3 Å². The van der Waals surface area contributed by atoms with Crippen LogP contribution in [0.5, 0.6) is 0 Å². The summed E-state index contributed by atoms with van der Waals surface area (Å²) in [4.78, 5) is 8.80. The van der Waals surface area contributed by atoms with Gasteiger partial charge in [-0.05, 0) is 19.1 Å². The van der Waals surface area contributed by atoms with Gasteiger partial charge in [-0.15, -0.1) is 0 Å². The van der Waals surface area contributed by atoms with Gasteiger partial charge in [-0.25, -0.2) is 9.97 Å². The molecule has 0 spiro atoms. The Hall–Kier alpha value is -0.820. The third-order valence-corrected chi connectivity index (χ3v) is 3.77. The summed E-state index contributed by atoms with van der Waals surface area (Å²) >= 11 is 1.52. The van der Waals surface area contributed by atoms with Crippen LogP contribution in [0.15, 0.2) is 11.2 Å². The van der Waals surface area contributed by atoms with Crippen molar-refractivity contribution in [1.82, 2.24) is 9.97 Å². The topological polar surface area (TPSA) is 66.9 Å². The molecular formula is C12H22N4OS2. The Morgan fingerprint density at radius 1 is 1.26 bits per heavy atom. The Kier molecular flexibility index (Phi) is 7.81. The van der Waals surface area contributed by atoms with E-state index in [1.165, 1.54) is 11.8 Å². The van der Waals surface area contributed by atoms with E-state index in [0.717, 1.165) is 42.7 Å². The van der Waals surface area contributed by atoms with E-state index in [0.29, 0.717) is 5.75 Å². The molecule has 1 atom stereocenters. The van der Waals surface area contributed by atoms with Gasteiger partial charge in [0.15, 0.2) is 5.16 Å². The van der Waals surface area contributed by atoms with Gasteiger partial charge >= 0.3 is 0 Å². The number of nitrogens with zero attached hydrogens (tertiary/aromatic N) is 2. The maximum absolute atomic E-state index is 11.0. The van der Waals surface area contributed by atoms with Gasteiger partial charge in [-0.2, -0.15) is 0 Å². The molecule has 0 bridgehead atoms. The van der Waals surface area contributed by atoms with Crippen molar-refractivity contribution in [3.8, 4) is 0 Å². The van der Waals surface area contributed by atoms with Crippen molar-refractivity contribution in [1.29, 1.82) is 0 Å². The molecule has 5 nitrogen and oxygen atoms in total. The van der Waals surface area contributed by atoms with Gasteiger partial charge in [0.25, 0.3) is 0 Å². The van der Waals surface area contributed by atoms with Crippen molar-refractivity contribution < 1.29 is 4.21 Å². The highest BCUT2D eigenvalue weighted by Crippen LogP contribution is 2.17. The molecule has 1 heterocycles. The zero-order chi connectivity index (χ0) is 14.1. The number of anilines is 2. The number of thioether (sulfide) groups is 1. The van der Waals surface area contributed by atoms with Crippen LogP contribution >= 0.6 is 11.8 Å². The standard InChI is InChI=1S/C12H22N4OS2/c1-4-6-13-10-9-11(16-12(15-10)18-2)14-7-5-8-19(3)17/h9H,4-8H2,1-3H3,(H2,13,14,15,16). The Morgan fingerprint density at radius 3 is 2.42 bits per heavy atom. The average Bonchev–Trinajstić information content (AvgIpc) is 2.41. The zero-order valence-electron chi connectivity index (χ0n) is 11.7. The molecule has 1 unspecified atom stereocenters. The SMILES string of the molecule is CCCNc1cc(NCCCS(C)=O)nc(SC)n1. The lowest BCUT2D eigenvalue weighted by Crippen LogP contribution is -2.09. The molecule has 0 amide bonds. The highest BCUT2D eigenvalue weighted by atomic mass is 32.2. The Balaban J connectivity index is 2.57. The minimum atomic E-state index is -0.727. The fraction of sp³-hybridized carbons (Fsp3) is 0.667. The van der Waals surface area contributed by atoms with E-state index >= 15 is 0 Å². The number of nitrogens with one attached hydrogen (secondary N) is 2. The monoisotopic (exact) mass is 302 g/mol. The molecule has 1 rings (SSSR count). The summed E-state index contributed by atoms with van der Waals surface area (Å²) in [5.74, 6) is 2.39. The lowest BCUT2D eigenvalue weighted by Gasteiger charge is -2.09. The minimum Gasteiger partial charge on any atom is -0.370 e. The van der Waals surface area contributed by atoms with Gasteiger partial charge in [0.2, 0.25) is 0 Å². The quantitative estimate of drug-likeness (QED) is 0.414. The molecule has 0 aromatic carbocycles. The largest absolute Gasteiger partial charge is 0.370 e. The maximum Gasteiger partial charge on any atom is 0.191 e. The Morgan fingerprint density at radius 2 is 1.89 bits per heavy atom. The number of rotatable bonds is 9. The van der Waals surface area contributed by atoms with Gasteiger partial charge in [-0.1, -0.05) is 18.7 Å². The fourth-order valence-electron chi connectivity index (χ4n) is 1.44. The van der Waals surface area contributed by atoms with Crippen LogP contribution in [-0.2, 0) is 10.8 Å². The summed E-state index contributed by atoms with van der Waals surface area (Å²) < 4.78 is 11.0. The predicted octanol–water partition coefficient (Wildman–Crippen LogP) is 2.20. The first-order valence-corrected chi connectivity index (χ1v) is 9.31. The van der Waals surface area contributed by atoms with Gasteiger partial charge in [0, 0.05) is 42.0 Å². The molecule has 0 saturated carbocycles. The van der Waals surface area contributed by atoms with Crippen molar-refractivity contribution in [2.75, 3.05) is 42.0 Å². The molecule has 0 radical (unpaired) electrons. The molecule has 0 fully saturated rings. The first kappa shape index (κ1) is 16.2. The molecule has 0 aliphatic rings. The van der Waals surface area contributed by atoms with E-state index < -0.39 is 10.8 Å². The molecule has 108 valence electrons. The third-order valence-electron chi connectivity index (χ3n) is 2.36. The summed E-state index contributed by atoms with van der Waals surface area (Å²) in [5.41, 5.74) is 0. The van der Waals surface area contributed by atoms with Crippen LogP contribution in [0.25, 0.3) is 0 Å². The summed E-state index contributed by atoms with van der Waals surface area (Å²) in [5, 5.41) is 7.27. The highest BCUT2D eigenvalue weighted by Gasteiger charge is 2.03.